The minimum atomic E-state index is -0.884. The normalized spacial score (nSPS) is 52.7. The fraction of sp³-hybridized carbons (Fsp3) is 0.900. The summed E-state index contributed by atoms with van der Waals surface area (Å²) >= 11 is 0. The number of carboxylic acids is 1. The molecule has 5 aliphatic carbocycles. The van der Waals surface area contributed by atoms with Crippen LogP contribution in [-0.4, -0.2) is 44.7 Å². The molecule has 0 amide bonds. The third kappa shape index (κ3) is 3.39. The number of aliphatic hydroxyl groups excluding tert-OH is 3. The predicted molar refractivity (Wildman–Crippen MR) is 135 cm³/mol. The Kier molecular flexibility index (Phi) is 6.10. The van der Waals surface area contributed by atoms with E-state index in [2.05, 4.69) is 47.6 Å². The van der Waals surface area contributed by atoms with Crippen LogP contribution in [0.4, 0.5) is 0 Å². The number of hydrogen-bond acceptors (Lipinski definition) is 4. The predicted octanol–water partition coefficient (Wildman–Crippen LogP) is 4.89. The lowest BCUT2D eigenvalue weighted by Gasteiger charge is -2.60. The van der Waals surface area contributed by atoms with E-state index in [-0.39, 0.29) is 29.1 Å². The molecule has 4 N–H and O–H groups in total. The van der Waals surface area contributed by atoms with E-state index in [0.29, 0.717) is 42.9 Å². The zero-order valence-corrected chi connectivity index (χ0v) is 22.6. The maximum absolute atomic E-state index is 13.2. The molecule has 13 atom stereocenters. The van der Waals surface area contributed by atoms with Gasteiger partial charge in [-0.1, -0.05) is 53.2 Å². The van der Waals surface area contributed by atoms with Crippen molar-refractivity contribution in [3.63, 3.8) is 0 Å². The Morgan fingerprint density at radius 1 is 1.03 bits per heavy atom. The summed E-state index contributed by atoms with van der Waals surface area (Å²) in [5, 5.41) is 44.0. The van der Waals surface area contributed by atoms with Gasteiger partial charge in [-0.05, 0) is 91.3 Å². The van der Waals surface area contributed by atoms with Crippen LogP contribution in [-0.2, 0) is 4.79 Å². The second-order valence-corrected chi connectivity index (χ2v) is 14.2. The standard InChI is InChI=1S/C30H48O5/c1-15(2)17(4)28(5)13-23(28)16(3)21-9-10-22-20-8-7-18-11-19(31)12-25(33)29(18,6)26(20)24(32)14-30(21,22)27(34)35/h7,15-17,19-26,31-33H,8-14H2,1-6H3,(H,34,35)/t16-,17+,19+,20-,21+,22-,23-,24+,25-,26+,28+,29+,30-/m0/s1. The molecule has 5 nitrogen and oxygen atoms in total. The van der Waals surface area contributed by atoms with Crippen LogP contribution in [0.1, 0.15) is 86.5 Å². The fourth-order valence-corrected chi connectivity index (χ4v) is 10.4. The van der Waals surface area contributed by atoms with E-state index in [9.17, 15) is 25.2 Å². The van der Waals surface area contributed by atoms with Gasteiger partial charge in [-0.2, -0.15) is 0 Å². The van der Waals surface area contributed by atoms with Gasteiger partial charge in [-0.25, -0.2) is 0 Å². The highest BCUT2D eigenvalue weighted by atomic mass is 16.4. The lowest BCUT2D eigenvalue weighted by molar-refractivity contribution is -0.188. The van der Waals surface area contributed by atoms with Crippen molar-refractivity contribution in [1.29, 1.82) is 0 Å². The van der Waals surface area contributed by atoms with Crippen molar-refractivity contribution in [3.05, 3.63) is 11.6 Å². The molecule has 0 radical (unpaired) electrons. The summed E-state index contributed by atoms with van der Waals surface area (Å²) in [5.74, 6) is 1.41. The maximum atomic E-state index is 13.2. The van der Waals surface area contributed by atoms with Crippen molar-refractivity contribution in [3.8, 4) is 0 Å². The molecule has 0 aliphatic heterocycles. The number of carboxylic acid groups (broad SMARTS) is 1. The van der Waals surface area contributed by atoms with Crippen LogP contribution >= 0.6 is 0 Å². The van der Waals surface area contributed by atoms with Gasteiger partial charge < -0.3 is 20.4 Å². The number of carbonyl (C=O) groups is 1. The first-order valence-corrected chi connectivity index (χ1v) is 14.3. The average molecular weight is 489 g/mol. The van der Waals surface area contributed by atoms with Gasteiger partial charge in [0, 0.05) is 11.8 Å². The summed E-state index contributed by atoms with van der Waals surface area (Å²) in [7, 11) is 0. The van der Waals surface area contributed by atoms with E-state index >= 15 is 0 Å². The van der Waals surface area contributed by atoms with Crippen LogP contribution in [0.15, 0.2) is 11.6 Å². The van der Waals surface area contributed by atoms with Gasteiger partial charge in [0.15, 0.2) is 0 Å². The van der Waals surface area contributed by atoms with Gasteiger partial charge in [0.05, 0.1) is 23.7 Å². The summed E-state index contributed by atoms with van der Waals surface area (Å²) in [6, 6.07) is 0. The minimum Gasteiger partial charge on any atom is -0.481 e. The van der Waals surface area contributed by atoms with Crippen LogP contribution in [0.3, 0.4) is 0 Å². The van der Waals surface area contributed by atoms with Crippen molar-refractivity contribution in [2.45, 2.75) is 105 Å². The van der Waals surface area contributed by atoms with Crippen LogP contribution in [0, 0.1) is 63.6 Å². The zero-order valence-electron chi connectivity index (χ0n) is 22.6. The van der Waals surface area contributed by atoms with Gasteiger partial charge in [0.1, 0.15) is 0 Å². The highest BCUT2D eigenvalue weighted by Crippen LogP contribution is 2.71. The summed E-state index contributed by atoms with van der Waals surface area (Å²) in [5.41, 5.74) is -0.126. The van der Waals surface area contributed by atoms with Crippen LogP contribution < -0.4 is 0 Å². The molecular formula is C30H48O5. The number of aliphatic hydroxyl groups is 3. The largest absolute Gasteiger partial charge is 0.481 e. The van der Waals surface area contributed by atoms with Gasteiger partial charge in [0.25, 0.3) is 0 Å². The topological polar surface area (TPSA) is 98.0 Å². The molecule has 4 saturated carbocycles. The molecule has 0 heterocycles. The SMILES string of the molecule is CC(C)[C@@H](C)[C@@]1(C)C[C@H]1[C@@H](C)[C@H]1CC[C@H]2[C@@H]3CC=C4C[C@@H](O)C[C@H](O)[C@]4(C)[C@H]3[C@H](O)C[C@]12C(=O)O. The average Bonchev–Trinajstić information content (AvgIpc) is 3.32. The molecule has 0 aromatic rings. The minimum absolute atomic E-state index is 0.0297. The van der Waals surface area contributed by atoms with E-state index in [1.54, 1.807) is 0 Å². The Labute approximate surface area is 211 Å². The molecule has 35 heavy (non-hydrogen) atoms. The first-order valence-electron chi connectivity index (χ1n) is 14.3. The Morgan fingerprint density at radius 3 is 2.34 bits per heavy atom. The third-order valence-electron chi connectivity index (χ3n) is 12.8. The Balaban J connectivity index is 1.48. The van der Waals surface area contributed by atoms with Crippen molar-refractivity contribution < 1.29 is 25.2 Å². The molecule has 5 aliphatic rings. The fourth-order valence-electron chi connectivity index (χ4n) is 10.4. The second-order valence-electron chi connectivity index (χ2n) is 14.2. The van der Waals surface area contributed by atoms with Crippen molar-refractivity contribution in [2.24, 2.45) is 63.6 Å². The summed E-state index contributed by atoms with van der Waals surface area (Å²) < 4.78 is 0. The lowest BCUT2D eigenvalue weighted by atomic mass is 9.45. The van der Waals surface area contributed by atoms with Crippen LogP contribution in [0.5, 0.6) is 0 Å². The van der Waals surface area contributed by atoms with Gasteiger partial charge in [-0.3, -0.25) is 4.79 Å². The number of rotatable bonds is 5. The Hall–Kier alpha value is -0.910. The number of allylic oxidation sites excluding steroid dienone is 1. The summed E-state index contributed by atoms with van der Waals surface area (Å²) in [6.07, 6.45) is 5.09. The van der Waals surface area contributed by atoms with E-state index in [1.807, 2.05) is 0 Å². The summed E-state index contributed by atoms with van der Waals surface area (Å²) in [4.78, 5) is 13.2. The number of fused-ring (bicyclic) bond motifs is 5. The smallest absolute Gasteiger partial charge is 0.310 e. The molecule has 5 heteroatoms. The van der Waals surface area contributed by atoms with Crippen molar-refractivity contribution >= 4 is 5.97 Å². The Morgan fingerprint density at radius 2 is 1.71 bits per heavy atom. The first kappa shape index (κ1) is 25.7. The summed E-state index contributed by atoms with van der Waals surface area (Å²) in [6.45, 7) is 13.7. The van der Waals surface area contributed by atoms with E-state index in [1.165, 1.54) is 6.42 Å². The number of aliphatic carboxylic acids is 1. The molecule has 0 unspecified atom stereocenters. The maximum Gasteiger partial charge on any atom is 0.310 e. The molecule has 0 aromatic heterocycles. The van der Waals surface area contributed by atoms with E-state index in [4.69, 9.17) is 0 Å². The Bertz CT molecular complexity index is 897. The quantitative estimate of drug-likeness (QED) is 0.413. The molecule has 198 valence electrons. The lowest BCUT2D eigenvalue weighted by Crippen LogP contribution is -2.62. The molecule has 0 saturated heterocycles. The molecule has 0 spiro atoms. The first-order chi connectivity index (χ1) is 16.3. The molecule has 5 rings (SSSR count). The highest BCUT2D eigenvalue weighted by Gasteiger charge is 2.70. The zero-order chi connectivity index (χ0) is 25.7. The molecule has 0 aromatic carbocycles. The monoisotopic (exact) mass is 488 g/mol. The molecular weight excluding hydrogens is 440 g/mol. The van der Waals surface area contributed by atoms with E-state index in [0.717, 1.165) is 24.8 Å². The van der Waals surface area contributed by atoms with Crippen LogP contribution in [0.25, 0.3) is 0 Å². The van der Waals surface area contributed by atoms with Gasteiger partial charge in [0.2, 0.25) is 0 Å². The number of hydrogen-bond donors (Lipinski definition) is 4. The second kappa shape index (κ2) is 8.30. The highest BCUT2D eigenvalue weighted by molar-refractivity contribution is 5.76. The van der Waals surface area contributed by atoms with Gasteiger partial charge in [-0.15, -0.1) is 0 Å². The van der Waals surface area contributed by atoms with Crippen LogP contribution in [0.2, 0.25) is 0 Å². The van der Waals surface area contributed by atoms with Crippen molar-refractivity contribution in [1.82, 2.24) is 0 Å². The van der Waals surface area contributed by atoms with Gasteiger partial charge >= 0.3 is 5.97 Å². The third-order valence-corrected chi connectivity index (χ3v) is 12.8. The molecule has 0 bridgehead atoms. The van der Waals surface area contributed by atoms with Crippen molar-refractivity contribution in [2.75, 3.05) is 0 Å². The molecule has 4 fully saturated rings. The van der Waals surface area contributed by atoms with E-state index < -0.39 is 35.1 Å².